The number of ether oxygens (including phenoxy) is 1. The lowest BCUT2D eigenvalue weighted by atomic mass is 10.2. The molecule has 0 aliphatic carbocycles. The van der Waals surface area contributed by atoms with Crippen LogP contribution in [-0.4, -0.2) is 31.4 Å². The number of hydrogen-bond acceptors (Lipinski definition) is 3. The summed E-state index contributed by atoms with van der Waals surface area (Å²) < 4.78 is 5.61. The molecule has 94 valence electrons. The smallest absolute Gasteiger partial charge is 0.0750 e. The van der Waals surface area contributed by atoms with Gasteiger partial charge in [0.25, 0.3) is 0 Å². The second-order valence-electron chi connectivity index (χ2n) is 4.45. The summed E-state index contributed by atoms with van der Waals surface area (Å²) in [7, 11) is 2.03. The van der Waals surface area contributed by atoms with Gasteiger partial charge in [0, 0.05) is 30.9 Å². The molecule has 0 saturated carbocycles. The predicted molar refractivity (Wildman–Crippen MR) is 69.6 cm³/mol. The molecule has 1 saturated heterocycles. The molecule has 1 atom stereocenters. The topological polar surface area (TPSA) is 32.7 Å². The van der Waals surface area contributed by atoms with Crippen LogP contribution in [0.4, 0.5) is 5.69 Å². The molecule has 4 heteroatoms. The van der Waals surface area contributed by atoms with E-state index in [2.05, 4.69) is 4.90 Å². The van der Waals surface area contributed by atoms with E-state index in [9.17, 15) is 0 Å². The summed E-state index contributed by atoms with van der Waals surface area (Å²) in [5.41, 5.74) is 1.82. The Morgan fingerprint density at radius 1 is 1.53 bits per heavy atom. The fourth-order valence-corrected chi connectivity index (χ4v) is 2.34. The minimum atomic E-state index is -0.0193. The van der Waals surface area contributed by atoms with Gasteiger partial charge in [-0.05, 0) is 30.5 Å². The van der Waals surface area contributed by atoms with Crippen LogP contribution >= 0.6 is 11.6 Å². The van der Waals surface area contributed by atoms with Gasteiger partial charge in [-0.1, -0.05) is 17.7 Å². The van der Waals surface area contributed by atoms with Crippen molar-refractivity contribution < 1.29 is 9.84 Å². The number of likely N-dealkylation sites (N-methyl/N-ethyl adjacent to an activating group) is 1. The Morgan fingerprint density at radius 3 is 2.94 bits per heavy atom. The van der Waals surface area contributed by atoms with Gasteiger partial charge in [-0.15, -0.1) is 0 Å². The van der Waals surface area contributed by atoms with Gasteiger partial charge in [-0.3, -0.25) is 0 Å². The second kappa shape index (κ2) is 5.71. The maximum absolute atomic E-state index is 9.06. The van der Waals surface area contributed by atoms with Gasteiger partial charge in [0.15, 0.2) is 0 Å². The number of hydrogen-bond donors (Lipinski definition) is 1. The second-order valence-corrected chi connectivity index (χ2v) is 4.86. The van der Waals surface area contributed by atoms with Crippen LogP contribution in [0.1, 0.15) is 18.4 Å². The third-order valence-corrected chi connectivity index (χ3v) is 3.50. The van der Waals surface area contributed by atoms with E-state index in [0.29, 0.717) is 11.1 Å². The van der Waals surface area contributed by atoms with E-state index in [1.807, 2.05) is 25.2 Å². The Balaban J connectivity index is 2.02. The fraction of sp³-hybridized carbons (Fsp3) is 0.538. The van der Waals surface area contributed by atoms with Crippen molar-refractivity contribution in [1.29, 1.82) is 0 Å². The van der Waals surface area contributed by atoms with Crippen LogP contribution < -0.4 is 4.90 Å². The lowest BCUT2D eigenvalue weighted by Crippen LogP contribution is -2.28. The summed E-state index contributed by atoms with van der Waals surface area (Å²) in [4.78, 5) is 2.14. The van der Waals surface area contributed by atoms with Crippen LogP contribution in [0.15, 0.2) is 18.2 Å². The van der Waals surface area contributed by atoms with Gasteiger partial charge in [-0.25, -0.2) is 0 Å². The first-order valence-electron chi connectivity index (χ1n) is 5.92. The first kappa shape index (κ1) is 12.7. The zero-order chi connectivity index (χ0) is 12.3. The monoisotopic (exact) mass is 255 g/mol. The van der Waals surface area contributed by atoms with Crippen molar-refractivity contribution >= 4 is 17.3 Å². The Kier molecular flexibility index (Phi) is 4.26. The Morgan fingerprint density at radius 2 is 2.35 bits per heavy atom. The summed E-state index contributed by atoms with van der Waals surface area (Å²) >= 11 is 6.07. The van der Waals surface area contributed by atoms with Crippen molar-refractivity contribution in [1.82, 2.24) is 0 Å². The van der Waals surface area contributed by atoms with Crippen LogP contribution in [0.25, 0.3) is 0 Å². The summed E-state index contributed by atoms with van der Waals surface area (Å²) in [5, 5.41) is 9.67. The highest BCUT2D eigenvalue weighted by atomic mass is 35.5. The molecule has 0 bridgehead atoms. The molecule has 1 aromatic carbocycles. The fourth-order valence-electron chi connectivity index (χ4n) is 2.10. The number of halogens is 1. The maximum atomic E-state index is 9.06. The highest BCUT2D eigenvalue weighted by Gasteiger charge is 2.17. The standard InChI is InChI=1S/C13H18ClNO2/c1-15(8-12-3-2-6-17-12)11-5-4-10(9-16)13(14)7-11/h4-5,7,12,16H,2-3,6,8-9H2,1H3. The quantitative estimate of drug-likeness (QED) is 0.897. The summed E-state index contributed by atoms with van der Waals surface area (Å²) in [6.45, 7) is 1.74. The molecule has 0 amide bonds. The molecule has 1 aliphatic heterocycles. The summed E-state index contributed by atoms with van der Waals surface area (Å²) in [5.74, 6) is 0. The number of aliphatic hydroxyl groups is 1. The van der Waals surface area contributed by atoms with Crippen molar-refractivity contribution in [3.05, 3.63) is 28.8 Å². The molecule has 1 aliphatic rings. The number of benzene rings is 1. The normalized spacial score (nSPS) is 19.6. The van der Waals surface area contributed by atoms with Crippen LogP contribution in [0.5, 0.6) is 0 Å². The third kappa shape index (κ3) is 3.12. The van der Waals surface area contributed by atoms with Crippen molar-refractivity contribution in [2.45, 2.75) is 25.6 Å². The van der Waals surface area contributed by atoms with E-state index in [1.54, 1.807) is 0 Å². The minimum Gasteiger partial charge on any atom is -0.392 e. The minimum absolute atomic E-state index is 0.0193. The number of nitrogens with zero attached hydrogens (tertiary/aromatic N) is 1. The molecule has 3 nitrogen and oxygen atoms in total. The zero-order valence-corrected chi connectivity index (χ0v) is 10.8. The Hall–Kier alpha value is -0.770. The van der Waals surface area contributed by atoms with Gasteiger partial charge < -0.3 is 14.7 Å². The first-order chi connectivity index (χ1) is 8.20. The lowest BCUT2D eigenvalue weighted by Gasteiger charge is -2.23. The number of anilines is 1. The number of aliphatic hydroxyl groups excluding tert-OH is 1. The highest BCUT2D eigenvalue weighted by Crippen LogP contribution is 2.24. The van der Waals surface area contributed by atoms with E-state index in [4.69, 9.17) is 21.4 Å². The van der Waals surface area contributed by atoms with Gasteiger partial charge in [0.05, 0.1) is 12.7 Å². The molecular formula is C13H18ClNO2. The van der Waals surface area contributed by atoms with Crippen molar-refractivity contribution in [2.75, 3.05) is 25.1 Å². The molecule has 0 spiro atoms. The first-order valence-corrected chi connectivity index (χ1v) is 6.30. The Bertz CT molecular complexity index is 378. The van der Waals surface area contributed by atoms with E-state index in [1.165, 1.54) is 0 Å². The summed E-state index contributed by atoms with van der Waals surface area (Å²) in [6.07, 6.45) is 2.62. The molecule has 0 aromatic heterocycles. The van der Waals surface area contributed by atoms with Crippen LogP contribution in [0.2, 0.25) is 5.02 Å². The van der Waals surface area contributed by atoms with Crippen molar-refractivity contribution in [3.63, 3.8) is 0 Å². The molecule has 1 heterocycles. The molecule has 1 unspecified atom stereocenters. The molecular weight excluding hydrogens is 238 g/mol. The SMILES string of the molecule is CN(CC1CCCO1)c1ccc(CO)c(Cl)c1. The van der Waals surface area contributed by atoms with Crippen molar-refractivity contribution in [2.24, 2.45) is 0 Å². The zero-order valence-electron chi connectivity index (χ0n) is 10.0. The van der Waals surface area contributed by atoms with Gasteiger partial charge >= 0.3 is 0 Å². The average Bonchev–Trinajstić information content (AvgIpc) is 2.81. The van der Waals surface area contributed by atoms with Crippen LogP contribution in [0, 0.1) is 0 Å². The molecule has 0 radical (unpaired) electrons. The van der Waals surface area contributed by atoms with Crippen LogP contribution in [-0.2, 0) is 11.3 Å². The number of rotatable bonds is 4. The van der Waals surface area contributed by atoms with E-state index in [0.717, 1.165) is 37.2 Å². The van der Waals surface area contributed by atoms with Gasteiger partial charge in [-0.2, -0.15) is 0 Å². The lowest BCUT2D eigenvalue weighted by molar-refractivity contribution is 0.116. The van der Waals surface area contributed by atoms with Crippen LogP contribution in [0.3, 0.4) is 0 Å². The van der Waals surface area contributed by atoms with Gasteiger partial charge in [0.2, 0.25) is 0 Å². The van der Waals surface area contributed by atoms with E-state index in [-0.39, 0.29) is 6.61 Å². The highest BCUT2D eigenvalue weighted by molar-refractivity contribution is 6.31. The largest absolute Gasteiger partial charge is 0.392 e. The molecule has 2 rings (SSSR count). The van der Waals surface area contributed by atoms with E-state index >= 15 is 0 Å². The van der Waals surface area contributed by atoms with E-state index < -0.39 is 0 Å². The van der Waals surface area contributed by atoms with Gasteiger partial charge in [0.1, 0.15) is 0 Å². The molecule has 17 heavy (non-hydrogen) atoms. The predicted octanol–water partition coefficient (Wildman–Crippen LogP) is 2.45. The average molecular weight is 256 g/mol. The van der Waals surface area contributed by atoms with Crippen molar-refractivity contribution in [3.8, 4) is 0 Å². The third-order valence-electron chi connectivity index (χ3n) is 3.15. The Labute approximate surface area is 107 Å². The molecule has 1 aromatic rings. The maximum Gasteiger partial charge on any atom is 0.0750 e. The summed E-state index contributed by atoms with van der Waals surface area (Å²) in [6, 6.07) is 5.73. The molecule has 1 N–H and O–H groups in total. The molecule has 1 fully saturated rings.